The van der Waals surface area contributed by atoms with Gasteiger partial charge in [-0.15, -0.1) is 0 Å². The van der Waals surface area contributed by atoms with Gasteiger partial charge in [-0.25, -0.2) is 13.1 Å². The molecule has 5 fully saturated rings. The van der Waals surface area contributed by atoms with Gasteiger partial charge in [-0.05, 0) is 125 Å². The lowest BCUT2D eigenvalue weighted by atomic mass is 9.59. The van der Waals surface area contributed by atoms with Gasteiger partial charge in [0.1, 0.15) is 29.8 Å². The smallest absolute Gasteiger partial charge is 0.297 e. The van der Waals surface area contributed by atoms with Crippen molar-refractivity contribution in [3.63, 3.8) is 0 Å². The zero-order valence-electron chi connectivity index (χ0n) is 46.8. The Labute approximate surface area is 482 Å². The van der Waals surface area contributed by atoms with Gasteiger partial charge in [0.15, 0.2) is 17.2 Å². The second-order valence-corrected chi connectivity index (χ2v) is 25.6. The molecule has 0 radical (unpaired) electrons. The molecule has 14 rings (SSSR count). The molecule has 0 unspecified atom stereocenters. The number of anilines is 5. The second-order valence-electron chi connectivity index (χ2n) is 23.9. The number of H-pyrrole nitrogens is 1. The Morgan fingerprint density at radius 1 is 0.892 bits per heavy atom. The number of amides is 1. The molecule has 3 N–H and O–H groups in total. The maximum Gasteiger partial charge on any atom is 0.297 e. The number of hydrogen-bond donors (Lipinski definition) is 3. The lowest BCUT2D eigenvalue weighted by molar-refractivity contribution is -0.384. The molecule has 1 spiro atoms. The fourth-order valence-electron chi connectivity index (χ4n) is 14.4. The molecule has 1 saturated carbocycles. The number of hydrogen-bond acceptors (Lipinski definition) is 18. The van der Waals surface area contributed by atoms with Crippen molar-refractivity contribution in [2.24, 2.45) is 11.3 Å². The Kier molecular flexibility index (Phi) is 14.0. The fourth-order valence-corrected chi connectivity index (χ4v) is 15.4. The molecule has 7 aliphatic heterocycles. The van der Waals surface area contributed by atoms with Crippen molar-refractivity contribution in [2.75, 3.05) is 92.4 Å². The van der Waals surface area contributed by atoms with Crippen molar-refractivity contribution in [3.8, 4) is 23.1 Å². The molecule has 4 saturated heterocycles. The summed E-state index contributed by atoms with van der Waals surface area (Å²) >= 11 is 0. The number of para-hydroxylation sites is 1. The van der Waals surface area contributed by atoms with Crippen molar-refractivity contribution in [3.05, 3.63) is 112 Å². The molecule has 3 aromatic carbocycles. The van der Waals surface area contributed by atoms with Crippen LogP contribution in [-0.2, 0) is 25.9 Å². The lowest BCUT2D eigenvalue weighted by Crippen LogP contribution is -2.60. The first-order chi connectivity index (χ1) is 40.3. The molecule has 83 heavy (non-hydrogen) atoms. The average Bonchev–Trinajstić information content (AvgIpc) is 4.22. The summed E-state index contributed by atoms with van der Waals surface area (Å²) in [6.07, 6.45) is 11.4. The van der Waals surface area contributed by atoms with Gasteiger partial charge in [0, 0.05) is 99.7 Å². The Morgan fingerprint density at radius 3 is 2.55 bits per heavy atom. The Balaban J connectivity index is 0.743. The monoisotopic (exact) mass is 1150 g/mol. The highest BCUT2D eigenvalue weighted by Gasteiger charge is 2.51. The van der Waals surface area contributed by atoms with Crippen molar-refractivity contribution in [1.29, 1.82) is 0 Å². The summed E-state index contributed by atoms with van der Waals surface area (Å²) < 4.78 is 68.2. The van der Waals surface area contributed by atoms with Crippen LogP contribution in [0.4, 0.5) is 34.1 Å². The van der Waals surface area contributed by atoms with Crippen molar-refractivity contribution < 1.29 is 46.6 Å². The number of aromatic nitrogens is 3. The third kappa shape index (κ3) is 10.1. The van der Waals surface area contributed by atoms with Crippen molar-refractivity contribution in [1.82, 2.24) is 24.6 Å². The fraction of sp³-hybridized carbons (Fsp3) is 0.492. The number of carbonyl (C=O) groups excluding carboxylic acids is 1. The van der Waals surface area contributed by atoms with Gasteiger partial charge in [0.25, 0.3) is 21.6 Å². The Bertz CT molecular complexity index is 3580. The number of fused-ring (bicyclic) bond motifs is 5. The normalized spacial score (nSPS) is 23.6. The highest BCUT2D eigenvalue weighted by molar-refractivity contribution is 7.90. The van der Waals surface area contributed by atoms with Crippen LogP contribution in [0.25, 0.3) is 11.0 Å². The number of aryl methyl sites for hydroxylation is 1. The minimum atomic E-state index is -4.72. The quantitative estimate of drug-likeness (QED) is 0.0769. The topological polar surface area (TPSA) is 228 Å². The van der Waals surface area contributed by atoms with Crippen LogP contribution >= 0.6 is 0 Å². The number of sulfonamides is 1. The number of piperazine rings is 1. The van der Waals surface area contributed by atoms with Gasteiger partial charge in [-0.2, -0.15) is 4.98 Å². The van der Waals surface area contributed by atoms with E-state index < -0.39 is 37.5 Å². The van der Waals surface area contributed by atoms with Gasteiger partial charge < -0.3 is 53.4 Å². The number of nitro groups is 1. The largest absolute Gasteiger partial charge is 0.491 e. The van der Waals surface area contributed by atoms with Gasteiger partial charge in [0.2, 0.25) is 5.88 Å². The maximum absolute atomic E-state index is 15.0. The number of nitro benzene ring substituents is 1. The highest BCUT2D eigenvalue weighted by Crippen LogP contribution is 2.55. The van der Waals surface area contributed by atoms with Gasteiger partial charge in [0.05, 0.1) is 69.9 Å². The van der Waals surface area contributed by atoms with Crippen LogP contribution in [0.2, 0.25) is 0 Å². The number of pyridine rings is 2. The molecule has 0 bridgehead atoms. The van der Waals surface area contributed by atoms with Crippen LogP contribution in [0.1, 0.15) is 92.9 Å². The number of carbonyl (C=O) groups is 1. The minimum absolute atomic E-state index is 0.0238. The molecule has 4 atom stereocenters. The maximum atomic E-state index is 15.0. The average molecular weight is 1150 g/mol. The summed E-state index contributed by atoms with van der Waals surface area (Å²) in [6, 6.07) is 22.3. The summed E-state index contributed by atoms with van der Waals surface area (Å²) in [7, 11) is -4.72. The summed E-state index contributed by atoms with van der Waals surface area (Å²) in [5.74, 6) is 1.49. The first-order valence-corrected chi connectivity index (χ1v) is 31.0. The minimum Gasteiger partial charge on any atom is -0.491 e. The standard InChI is InChI=1S/C61H70N10O11S/c1-37(2)81-53-8-4-3-6-43(53)52-34-68(48-12-19-62-45-7-5-24-79-57(45)48)22-23-69(52)41-32-61(33-41)16-20-67(21-17-61)40-9-10-44(49(29-40)70-47-15-27-78-36-55(47)82-60-51(70)28-39-11-18-63-58(39)65-60)59(72)66-83(75,76)42-30-50(71(73)74)56-54(31-42)80-35-46(64-56)38-13-25-77-26-14-38/h3-4,6,8-12,18-19,28-31,37-38,41,46-47,52,55,64H,5,7,13-17,20-27,32-36H2,1-2H3,(H,63,65)(H,66,72)/t46-,47-,52-,55-/m0/s1. The van der Waals surface area contributed by atoms with Crippen molar-refractivity contribution >= 4 is 61.1 Å². The molecule has 22 heteroatoms. The number of benzene rings is 3. The van der Waals surface area contributed by atoms with Gasteiger partial charge in [-0.3, -0.25) is 24.8 Å². The molecule has 21 nitrogen and oxygen atoms in total. The van der Waals surface area contributed by atoms with E-state index in [9.17, 15) is 23.3 Å². The molecule has 8 aliphatic rings. The molecule has 3 aromatic heterocycles. The SMILES string of the molecule is CC(C)Oc1ccccc1[C@@H]1CN(c2ccnc3c2OCCC3)CCN1C1CC2(CCN(c3ccc(C(=O)NS(=O)(=O)c4cc5c(c([N+](=O)[O-])c4)N[C@H](C4CCOCC4)CO5)c(N4c5cc6cc[nH]c6nc5O[C@H]5COCC[C@@H]54)c3)CC2)C1. The first kappa shape index (κ1) is 53.6. The third-order valence-corrected chi connectivity index (χ3v) is 19.9. The number of nitrogens with zero attached hydrogens (tertiary/aromatic N) is 7. The van der Waals surface area contributed by atoms with Crippen LogP contribution in [0.5, 0.6) is 23.1 Å². The second kappa shape index (κ2) is 21.7. The number of ether oxygens (including phenoxy) is 6. The van der Waals surface area contributed by atoms with E-state index in [2.05, 4.69) is 78.8 Å². The van der Waals surface area contributed by atoms with Crippen LogP contribution in [0, 0.1) is 21.4 Å². The molecule has 6 aromatic rings. The van der Waals surface area contributed by atoms with E-state index in [1.54, 1.807) is 6.07 Å². The third-order valence-electron chi connectivity index (χ3n) is 18.6. The van der Waals surface area contributed by atoms with Gasteiger partial charge in [-0.1, -0.05) is 18.2 Å². The predicted octanol–water partition coefficient (Wildman–Crippen LogP) is 8.70. The first-order valence-electron chi connectivity index (χ1n) is 29.5. The number of aromatic amines is 1. The summed E-state index contributed by atoms with van der Waals surface area (Å²) in [5.41, 5.74) is 5.90. The van der Waals surface area contributed by atoms with E-state index in [4.69, 9.17) is 38.4 Å². The summed E-state index contributed by atoms with van der Waals surface area (Å²) in [6.45, 7) is 11.1. The zero-order valence-corrected chi connectivity index (χ0v) is 47.6. The molecular formula is C61H70N10O11S. The van der Waals surface area contributed by atoms with Crippen molar-refractivity contribution in [2.45, 2.75) is 113 Å². The number of piperidine rings is 1. The van der Waals surface area contributed by atoms with Crippen LogP contribution in [0.15, 0.2) is 90.1 Å². The lowest BCUT2D eigenvalue weighted by Gasteiger charge is -2.58. The molecular weight excluding hydrogens is 1080 g/mol. The van der Waals surface area contributed by atoms with E-state index in [1.807, 2.05) is 36.7 Å². The zero-order chi connectivity index (χ0) is 56.6. The van der Waals surface area contributed by atoms with E-state index in [0.29, 0.717) is 61.8 Å². The molecule has 1 amide bonds. The molecule has 436 valence electrons. The van der Waals surface area contributed by atoms with Crippen LogP contribution in [0.3, 0.4) is 0 Å². The van der Waals surface area contributed by atoms with Crippen LogP contribution < -0.4 is 43.7 Å². The van der Waals surface area contributed by atoms with E-state index in [1.165, 1.54) is 11.6 Å². The highest BCUT2D eigenvalue weighted by atomic mass is 32.2. The molecule has 1 aliphatic carbocycles. The predicted molar refractivity (Wildman–Crippen MR) is 311 cm³/mol. The van der Waals surface area contributed by atoms with Crippen LogP contribution in [-0.4, -0.2) is 142 Å². The summed E-state index contributed by atoms with van der Waals surface area (Å²) in [4.78, 5) is 48.9. The Morgan fingerprint density at radius 2 is 1.72 bits per heavy atom. The summed E-state index contributed by atoms with van der Waals surface area (Å²) in [5, 5.41) is 16.7. The van der Waals surface area contributed by atoms with E-state index in [-0.39, 0.29) is 65.8 Å². The Hall–Kier alpha value is -7.40. The van der Waals surface area contributed by atoms with E-state index >= 15 is 0 Å². The number of nitrogens with one attached hydrogen (secondary N) is 3. The molecule has 10 heterocycles. The van der Waals surface area contributed by atoms with E-state index in [0.717, 1.165) is 124 Å². The number of rotatable bonds is 12. The van der Waals surface area contributed by atoms with Gasteiger partial charge >= 0.3 is 0 Å².